The van der Waals surface area contributed by atoms with Crippen LogP contribution < -0.4 is 5.32 Å². The number of halogens is 1. The van der Waals surface area contributed by atoms with Gasteiger partial charge in [0.15, 0.2) is 0 Å². The summed E-state index contributed by atoms with van der Waals surface area (Å²) in [5.74, 6) is 1.27. The third-order valence-electron chi connectivity index (χ3n) is 4.80. The number of nitrogens with one attached hydrogen (secondary N) is 1. The van der Waals surface area contributed by atoms with E-state index < -0.39 is 0 Å². The fourth-order valence-electron chi connectivity index (χ4n) is 3.45. The molecule has 2 fully saturated rings. The van der Waals surface area contributed by atoms with Gasteiger partial charge in [-0.2, -0.15) is 0 Å². The lowest BCUT2D eigenvalue weighted by Gasteiger charge is -2.29. The molecule has 1 unspecified atom stereocenters. The molecular formula is C16H32ClN3O. The van der Waals surface area contributed by atoms with Crippen molar-refractivity contribution in [2.45, 2.75) is 33.1 Å². The lowest BCUT2D eigenvalue weighted by atomic mass is 9.91. The first-order valence-electron chi connectivity index (χ1n) is 8.09. The van der Waals surface area contributed by atoms with Gasteiger partial charge in [0.25, 0.3) is 0 Å². The summed E-state index contributed by atoms with van der Waals surface area (Å²) in [6, 6.07) is 0. The molecule has 1 atom stereocenters. The molecule has 0 radical (unpaired) electrons. The molecule has 2 rings (SSSR count). The molecule has 4 nitrogen and oxygen atoms in total. The van der Waals surface area contributed by atoms with Crippen LogP contribution in [0.2, 0.25) is 0 Å². The number of amides is 1. The van der Waals surface area contributed by atoms with Gasteiger partial charge in [0.05, 0.1) is 0 Å². The van der Waals surface area contributed by atoms with Crippen molar-refractivity contribution < 1.29 is 4.79 Å². The molecule has 124 valence electrons. The first kappa shape index (κ1) is 18.7. The number of hydrogen-bond donors (Lipinski definition) is 1. The van der Waals surface area contributed by atoms with Gasteiger partial charge in [-0.1, -0.05) is 13.8 Å². The summed E-state index contributed by atoms with van der Waals surface area (Å²) in [6.07, 6.45) is 3.50. The van der Waals surface area contributed by atoms with Gasteiger partial charge >= 0.3 is 0 Å². The molecule has 2 aliphatic rings. The zero-order valence-electron chi connectivity index (χ0n) is 14.0. The highest BCUT2D eigenvalue weighted by Gasteiger charge is 2.58. The molecule has 1 heterocycles. The first-order valence-corrected chi connectivity index (χ1v) is 8.09. The molecular weight excluding hydrogens is 286 g/mol. The molecule has 0 aromatic carbocycles. The zero-order valence-corrected chi connectivity index (χ0v) is 14.8. The fourth-order valence-corrected chi connectivity index (χ4v) is 3.45. The van der Waals surface area contributed by atoms with Gasteiger partial charge in [0.1, 0.15) is 0 Å². The number of likely N-dealkylation sites (N-methyl/N-ethyl adjacent to an activating group) is 1. The Balaban J connectivity index is 0.00000220. The van der Waals surface area contributed by atoms with Crippen LogP contribution in [-0.4, -0.2) is 62.5 Å². The van der Waals surface area contributed by atoms with Crippen LogP contribution in [-0.2, 0) is 4.79 Å². The second-order valence-electron chi connectivity index (χ2n) is 7.35. The fraction of sp³-hybridized carbons (Fsp3) is 0.938. The molecule has 1 aliphatic carbocycles. The summed E-state index contributed by atoms with van der Waals surface area (Å²) in [4.78, 5) is 17.1. The van der Waals surface area contributed by atoms with Crippen molar-refractivity contribution in [1.29, 1.82) is 0 Å². The average molecular weight is 318 g/mol. The highest BCUT2D eigenvalue weighted by molar-refractivity contribution is 5.85. The Kier molecular flexibility index (Phi) is 6.95. The van der Waals surface area contributed by atoms with E-state index in [1.807, 2.05) is 0 Å². The number of piperidine rings is 1. The van der Waals surface area contributed by atoms with E-state index in [1.165, 1.54) is 12.8 Å². The van der Waals surface area contributed by atoms with Crippen LogP contribution in [0, 0.1) is 17.3 Å². The van der Waals surface area contributed by atoms with Crippen molar-refractivity contribution in [3.63, 3.8) is 0 Å². The van der Waals surface area contributed by atoms with Gasteiger partial charge in [0.2, 0.25) is 5.91 Å². The Morgan fingerprint density at radius 1 is 1.24 bits per heavy atom. The highest BCUT2D eigenvalue weighted by Crippen LogP contribution is 2.59. The minimum Gasteiger partial charge on any atom is -0.341 e. The van der Waals surface area contributed by atoms with Gasteiger partial charge in [-0.05, 0) is 57.8 Å². The number of carbonyl (C=O) groups excluding carboxylic acids is 1. The summed E-state index contributed by atoms with van der Waals surface area (Å²) in [5, 5.41) is 3.41. The van der Waals surface area contributed by atoms with Crippen molar-refractivity contribution in [2.24, 2.45) is 17.3 Å². The van der Waals surface area contributed by atoms with Crippen LogP contribution in [0.5, 0.6) is 0 Å². The van der Waals surface area contributed by atoms with Gasteiger partial charge in [-0.15, -0.1) is 12.4 Å². The number of rotatable bonds is 6. The summed E-state index contributed by atoms with van der Waals surface area (Å²) in [6.45, 7) is 9.30. The van der Waals surface area contributed by atoms with Crippen LogP contribution in [0.25, 0.3) is 0 Å². The molecule has 1 saturated heterocycles. The van der Waals surface area contributed by atoms with E-state index in [1.54, 1.807) is 0 Å². The lowest BCUT2D eigenvalue weighted by molar-refractivity contribution is -0.134. The third kappa shape index (κ3) is 4.83. The molecule has 1 spiro atoms. The summed E-state index contributed by atoms with van der Waals surface area (Å²) >= 11 is 0. The van der Waals surface area contributed by atoms with Crippen molar-refractivity contribution in [3.05, 3.63) is 0 Å². The van der Waals surface area contributed by atoms with Crippen LogP contribution >= 0.6 is 12.4 Å². The molecule has 1 amide bonds. The third-order valence-corrected chi connectivity index (χ3v) is 4.80. The van der Waals surface area contributed by atoms with Crippen molar-refractivity contribution in [2.75, 3.05) is 46.8 Å². The van der Waals surface area contributed by atoms with Crippen LogP contribution in [0.15, 0.2) is 0 Å². The Labute approximate surface area is 136 Å². The van der Waals surface area contributed by atoms with Crippen LogP contribution in [0.3, 0.4) is 0 Å². The normalized spacial score (nSPS) is 23.2. The Morgan fingerprint density at radius 3 is 2.38 bits per heavy atom. The first-order chi connectivity index (χ1) is 9.44. The molecule has 1 aliphatic heterocycles. The van der Waals surface area contributed by atoms with E-state index >= 15 is 0 Å². The van der Waals surface area contributed by atoms with Crippen molar-refractivity contribution in [1.82, 2.24) is 15.1 Å². The maximum absolute atomic E-state index is 12.8. The minimum absolute atomic E-state index is 0. The average Bonchev–Trinajstić information content (AvgIpc) is 3.07. The van der Waals surface area contributed by atoms with E-state index in [9.17, 15) is 4.79 Å². The largest absolute Gasteiger partial charge is 0.341 e. The van der Waals surface area contributed by atoms with E-state index in [4.69, 9.17) is 0 Å². The SMILES string of the molecule is CC(C)CN(CCN(C)C)C(=O)C1CC12CCNCC2.Cl. The standard InChI is InChI=1S/C16H31N3O.ClH/c1-13(2)12-19(10-9-18(3)4)15(20)14-11-16(14)5-7-17-8-6-16;/h13-14,17H,5-12H2,1-4H3;1H. The Morgan fingerprint density at radius 2 is 1.86 bits per heavy atom. The topological polar surface area (TPSA) is 35.6 Å². The van der Waals surface area contributed by atoms with Crippen molar-refractivity contribution >= 4 is 18.3 Å². The Bertz CT molecular complexity index is 340. The molecule has 0 bridgehead atoms. The maximum Gasteiger partial charge on any atom is 0.226 e. The van der Waals surface area contributed by atoms with Gasteiger partial charge in [0, 0.05) is 25.6 Å². The number of carbonyl (C=O) groups is 1. The van der Waals surface area contributed by atoms with Gasteiger partial charge in [-0.25, -0.2) is 0 Å². The number of hydrogen-bond acceptors (Lipinski definition) is 3. The van der Waals surface area contributed by atoms with Crippen LogP contribution in [0.1, 0.15) is 33.1 Å². The maximum atomic E-state index is 12.8. The zero-order chi connectivity index (χ0) is 14.8. The second-order valence-corrected chi connectivity index (χ2v) is 7.35. The lowest BCUT2D eigenvalue weighted by Crippen LogP contribution is -2.41. The highest BCUT2D eigenvalue weighted by atomic mass is 35.5. The molecule has 5 heteroatoms. The Hall–Kier alpha value is -0.320. The molecule has 1 saturated carbocycles. The van der Waals surface area contributed by atoms with E-state index in [2.05, 4.69) is 43.1 Å². The van der Waals surface area contributed by atoms with E-state index in [-0.39, 0.29) is 12.4 Å². The summed E-state index contributed by atoms with van der Waals surface area (Å²) in [7, 11) is 4.15. The monoisotopic (exact) mass is 317 g/mol. The molecule has 1 N–H and O–H groups in total. The smallest absolute Gasteiger partial charge is 0.226 e. The molecule has 0 aromatic heterocycles. The quantitative estimate of drug-likeness (QED) is 0.812. The van der Waals surface area contributed by atoms with E-state index in [0.717, 1.165) is 39.1 Å². The molecule has 0 aromatic rings. The van der Waals surface area contributed by atoms with Crippen LogP contribution in [0.4, 0.5) is 0 Å². The van der Waals surface area contributed by atoms with Gasteiger partial charge in [-0.3, -0.25) is 4.79 Å². The minimum atomic E-state index is 0. The second kappa shape index (κ2) is 7.80. The molecule has 21 heavy (non-hydrogen) atoms. The van der Waals surface area contributed by atoms with E-state index in [0.29, 0.717) is 23.2 Å². The summed E-state index contributed by atoms with van der Waals surface area (Å²) in [5.41, 5.74) is 0.357. The predicted molar refractivity (Wildman–Crippen MR) is 89.9 cm³/mol. The van der Waals surface area contributed by atoms with Crippen molar-refractivity contribution in [3.8, 4) is 0 Å². The number of nitrogens with zero attached hydrogens (tertiary/aromatic N) is 2. The van der Waals surface area contributed by atoms with Gasteiger partial charge < -0.3 is 15.1 Å². The predicted octanol–water partition coefficient (Wildman–Crippen LogP) is 1.84. The summed E-state index contributed by atoms with van der Waals surface area (Å²) < 4.78 is 0.